The minimum Gasteiger partial charge on any atom is -0.372 e. The molecular weight excluding hydrogens is 350 g/mol. The number of benzene rings is 2. The van der Waals surface area contributed by atoms with E-state index in [1.54, 1.807) is 0 Å². The molecule has 6 nitrogen and oxygen atoms in total. The molecule has 6 heteroatoms. The molecule has 3 aromatic rings. The highest BCUT2D eigenvalue weighted by atomic mass is 16.2. The average molecular weight is 375 g/mol. The first-order chi connectivity index (χ1) is 13.6. The standard InChI is InChI=1S/C22H25N5O/c1-15-16(2)24-21-14-18(8-11-20(21)23-15)26-22(28)25-17-6-9-19(10-7-17)27-12-4-3-5-13-27/h6-11,14H,3-5,12-13H2,1-2H3,(H2,25,26,28). The summed E-state index contributed by atoms with van der Waals surface area (Å²) in [6, 6.07) is 13.3. The molecule has 1 aromatic heterocycles. The molecule has 144 valence electrons. The highest BCUT2D eigenvalue weighted by Gasteiger charge is 2.11. The van der Waals surface area contributed by atoms with Crippen LogP contribution in [0, 0.1) is 13.8 Å². The third kappa shape index (κ3) is 4.06. The highest BCUT2D eigenvalue weighted by Crippen LogP contribution is 2.22. The number of nitrogens with zero attached hydrogens (tertiary/aromatic N) is 3. The second kappa shape index (κ2) is 7.84. The summed E-state index contributed by atoms with van der Waals surface area (Å²) in [6.45, 7) is 6.09. The second-order valence-corrected chi connectivity index (χ2v) is 7.27. The van der Waals surface area contributed by atoms with Crippen molar-refractivity contribution in [3.05, 3.63) is 53.9 Å². The van der Waals surface area contributed by atoms with Crippen molar-refractivity contribution >= 4 is 34.1 Å². The van der Waals surface area contributed by atoms with E-state index in [4.69, 9.17) is 0 Å². The van der Waals surface area contributed by atoms with Crippen LogP contribution in [0.25, 0.3) is 11.0 Å². The van der Waals surface area contributed by atoms with E-state index in [-0.39, 0.29) is 6.03 Å². The van der Waals surface area contributed by atoms with Gasteiger partial charge in [0.25, 0.3) is 0 Å². The Labute approximate surface area is 165 Å². The van der Waals surface area contributed by atoms with E-state index in [0.717, 1.165) is 41.2 Å². The van der Waals surface area contributed by atoms with Gasteiger partial charge in [-0.3, -0.25) is 0 Å². The predicted molar refractivity (Wildman–Crippen MR) is 114 cm³/mol. The number of hydrogen-bond donors (Lipinski definition) is 2. The summed E-state index contributed by atoms with van der Waals surface area (Å²) < 4.78 is 0. The Morgan fingerprint density at radius 2 is 1.43 bits per heavy atom. The monoisotopic (exact) mass is 375 g/mol. The van der Waals surface area contributed by atoms with E-state index < -0.39 is 0 Å². The molecule has 28 heavy (non-hydrogen) atoms. The quantitative estimate of drug-likeness (QED) is 0.684. The summed E-state index contributed by atoms with van der Waals surface area (Å²) in [7, 11) is 0. The second-order valence-electron chi connectivity index (χ2n) is 7.27. The van der Waals surface area contributed by atoms with Crippen molar-refractivity contribution in [2.24, 2.45) is 0 Å². The van der Waals surface area contributed by atoms with Crippen molar-refractivity contribution in [3.8, 4) is 0 Å². The maximum Gasteiger partial charge on any atom is 0.323 e. The molecule has 2 heterocycles. The fourth-order valence-corrected chi connectivity index (χ4v) is 3.51. The van der Waals surface area contributed by atoms with Gasteiger partial charge in [-0.15, -0.1) is 0 Å². The van der Waals surface area contributed by atoms with Crippen LogP contribution in [0.15, 0.2) is 42.5 Å². The van der Waals surface area contributed by atoms with Crippen LogP contribution in [0.2, 0.25) is 0 Å². The molecule has 1 aliphatic heterocycles. The van der Waals surface area contributed by atoms with Gasteiger partial charge in [0.05, 0.1) is 22.4 Å². The van der Waals surface area contributed by atoms with Crippen molar-refractivity contribution in [3.63, 3.8) is 0 Å². The third-order valence-corrected chi connectivity index (χ3v) is 5.18. The zero-order valence-corrected chi connectivity index (χ0v) is 16.3. The van der Waals surface area contributed by atoms with Gasteiger partial charge in [-0.2, -0.15) is 0 Å². The Morgan fingerprint density at radius 3 is 2.14 bits per heavy atom. The lowest BCUT2D eigenvalue weighted by atomic mass is 10.1. The first kappa shape index (κ1) is 18.2. The van der Waals surface area contributed by atoms with Gasteiger partial charge >= 0.3 is 6.03 Å². The van der Waals surface area contributed by atoms with E-state index in [0.29, 0.717) is 5.69 Å². The van der Waals surface area contributed by atoms with Crippen molar-refractivity contribution in [1.82, 2.24) is 9.97 Å². The lowest BCUT2D eigenvalue weighted by Crippen LogP contribution is -2.29. The molecule has 4 rings (SSSR count). The van der Waals surface area contributed by atoms with E-state index in [1.165, 1.54) is 24.9 Å². The van der Waals surface area contributed by atoms with Crippen LogP contribution in [0.3, 0.4) is 0 Å². The number of nitrogens with one attached hydrogen (secondary N) is 2. The maximum atomic E-state index is 12.4. The maximum absolute atomic E-state index is 12.4. The molecular formula is C22H25N5O. The van der Waals surface area contributed by atoms with Crippen LogP contribution < -0.4 is 15.5 Å². The Kier molecular flexibility index (Phi) is 5.10. The van der Waals surface area contributed by atoms with Crippen molar-refractivity contribution in [2.45, 2.75) is 33.1 Å². The highest BCUT2D eigenvalue weighted by molar-refractivity contribution is 6.00. The average Bonchev–Trinajstić information content (AvgIpc) is 2.70. The summed E-state index contributed by atoms with van der Waals surface area (Å²) in [5.41, 5.74) is 6.07. The Bertz CT molecular complexity index is 994. The number of piperidine rings is 1. The molecule has 0 bridgehead atoms. The first-order valence-electron chi connectivity index (χ1n) is 9.76. The van der Waals surface area contributed by atoms with Crippen LogP contribution in [0.4, 0.5) is 21.9 Å². The minimum absolute atomic E-state index is 0.276. The number of carbonyl (C=O) groups excluding carboxylic acids is 1. The topological polar surface area (TPSA) is 70.2 Å². The molecule has 0 radical (unpaired) electrons. The van der Waals surface area contributed by atoms with Crippen molar-refractivity contribution in [1.29, 1.82) is 0 Å². The lowest BCUT2D eigenvalue weighted by Gasteiger charge is -2.28. The van der Waals surface area contributed by atoms with Gasteiger partial charge in [0, 0.05) is 30.2 Å². The van der Waals surface area contributed by atoms with Gasteiger partial charge in [-0.25, -0.2) is 14.8 Å². The number of aromatic nitrogens is 2. The number of fused-ring (bicyclic) bond motifs is 1. The third-order valence-electron chi connectivity index (χ3n) is 5.18. The van der Waals surface area contributed by atoms with Crippen LogP contribution in [0.5, 0.6) is 0 Å². The molecule has 2 N–H and O–H groups in total. The summed E-state index contributed by atoms with van der Waals surface area (Å²) in [4.78, 5) is 23.8. The van der Waals surface area contributed by atoms with Gasteiger partial charge in [-0.05, 0) is 75.6 Å². The molecule has 1 saturated heterocycles. The van der Waals surface area contributed by atoms with E-state index >= 15 is 0 Å². The zero-order chi connectivity index (χ0) is 19.5. The Morgan fingerprint density at radius 1 is 0.821 bits per heavy atom. The molecule has 1 fully saturated rings. The van der Waals surface area contributed by atoms with E-state index in [2.05, 4.69) is 37.6 Å². The van der Waals surface area contributed by atoms with Gasteiger partial charge in [-0.1, -0.05) is 0 Å². The van der Waals surface area contributed by atoms with Crippen LogP contribution in [-0.4, -0.2) is 29.1 Å². The molecule has 1 aliphatic rings. The smallest absolute Gasteiger partial charge is 0.323 e. The summed E-state index contributed by atoms with van der Waals surface area (Å²) in [5.74, 6) is 0. The fraction of sp³-hybridized carbons (Fsp3) is 0.318. The van der Waals surface area contributed by atoms with Gasteiger partial charge in [0.15, 0.2) is 0 Å². The number of carbonyl (C=O) groups is 1. The lowest BCUT2D eigenvalue weighted by molar-refractivity contribution is 0.262. The molecule has 0 atom stereocenters. The normalized spacial score (nSPS) is 14.1. The van der Waals surface area contributed by atoms with E-state index in [9.17, 15) is 4.79 Å². The fourth-order valence-electron chi connectivity index (χ4n) is 3.51. The van der Waals surface area contributed by atoms with Gasteiger partial charge in [0.1, 0.15) is 0 Å². The number of amides is 2. The van der Waals surface area contributed by atoms with Crippen LogP contribution in [-0.2, 0) is 0 Å². The molecule has 2 amide bonds. The largest absolute Gasteiger partial charge is 0.372 e. The zero-order valence-electron chi connectivity index (χ0n) is 16.3. The molecule has 0 saturated carbocycles. The molecule has 0 aliphatic carbocycles. The van der Waals surface area contributed by atoms with Gasteiger partial charge < -0.3 is 15.5 Å². The summed E-state index contributed by atoms with van der Waals surface area (Å²) >= 11 is 0. The SMILES string of the molecule is Cc1nc2ccc(NC(=O)Nc3ccc(N4CCCCC4)cc3)cc2nc1C. The van der Waals surface area contributed by atoms with Crippen LogP contribution >= 0.6 is 0 Å². The van der Waals surface area contributed by atoms with Gasteiger partial charge in [0.2, 0.25) is 0 Å². The minimum atomic E-state index is -0.276. The van der Waals surface area contributed by atoms with Crippen LogP contribution in [0.1, 0.15) is 30.7 Å². The molecule has 2 aromatic carbocycles. The summed E-state index contributed by atoms with van der Waals surface area (Å²) in [6.07, 6.45) is 3.81. The number of anilines is 3. The van der Waals surface area contributed by atoms with Crippen molar-refractivity contribution in [2.75, 3.05) is 28.6 Å². The van der Waals surface area contributed by atoms with E-state index in [1.807, 2.05) is 44.2 Å². The first-order valence-corrected chi connectivity index (χ1v) is 9.76. The number of rotatable bonds is 3. The summed E-state index contributed by atoms with van der Waals surface area (Å²) in [5, 5.41) is 5.75. The Balaban J connectivity index is 1.41. The molecule has 0 spiro atoms. The number of urea groups is 1. The van der Waals surface area contributed by atoms with Crippen molar-refractivity contribution < 1.29 is 4.79 Å². The molecule has 0 unspecified atom stereocenters. The Hall–Kier alpha value is -3.15. The number of hydrogen-bond acceptors (Lipinski definition) is 4. The number of aryl methyl sites for hydroxylation is 2. The predicted octanol–water partition coefficient (Wildman–Crippen LogP) is 4.88.